The van der Waals surface area contributed by atoms with Gasteiger partial charge in [0.05, 0.1) is 24.3 Å². The summed E-state index contributed by atoms with van der Waals surface area (Å²) in [6.07, 6.45) is 21.8. The number of benzene rings is 1. The molecule has 0 bridgehead atoms. The lowest BCUT2D eigenvalue weighted by Crippen LogP contribution is -2.08. The van der Waals surface area contributed by atoms with Crippen molar-refractivity contribution in [3.05, 3.63) is 35.1 Å². The van der Waals surface area contributed by atoms with Crippen molar-refractivity contribution in [2.45, 2.75) is 129 Å². The second-order valence-electron chi connectivity index (χ2n) is 8.82. The Morgan fingerprint density at radius 1 is 0.800 bits per heavy atom. The van der Waals surface area contributed by atoms with E-state index in [2.05, 4.69) is 13.8 Å². The number of hydrogen-bond acceptors (Lipinski definition) is 2. The molecule has 0 unspecified atom stereocenters. The standard InChI is InChI=1S/C27H44FNO/c1-3-4-5-6-7-8-9-10-11-12-13-14-15-16-17-18-24(2)30-23-26-19-25(22-29)20-27(28)21-26/h19-21,24H,3-18,23H2,1-2H3/t24-/m1/s1. The maximum absolute atomic E-state index is 13.4. The zero-order chi connectivity index (χ0) is 21.9. The first kappa shape index (κ1) is 26.6. The Morgan fingerprint density at radius 2 is 1.30 bits per heavy atom. The van der Waals surface area contributed by atoms with Gasteiger partial charge in [-0.15, -0.1) is 0 Å². The summed E-state index contributed by atoms with van der Waals surface area (Å²) in [4.78, 5) is 0. The average molecular weight is 418 g/mol. The fourth-order valence-electron chi connectivity index (χ4n) is 3.92. The Hall–Kier alpha value is -1.40. The van der Waals surface area contributed by atoms with Gasteiger partial charge < -0.3 is 4.74 Å². The Bertz CT molecular complexity index is 581. The summed E-state index contributed by atoms with van der Waals surface area (Å²) in [5.74, 6) is -0.372. The first-order chi connectivity index (χ1) is 14.7. The predicted molar refractivity (Wildman–Crippen MR) is 125 cm³/mol. The van der Waals surface area contributed by atoms with Gasteiger partial charge in [0, 0.05) is 0 Å². The van der Waals surface area contributed by atoms with Gasteiger partial charge in [-0.3, -0.25) is 0 Å². The molecule has 3 heteroatoms. The quantitative estimate of drug-likeness (QED) is 0.211. The second-order valence-corrected chi connectivity index (χ2v) is 8.82. The zero-order valence-corrected chi connectivity index (χ0v) is 19.6. The van der Waals surface area contributed by atoms with Crippen LogP contribution in [-0.2, 0) is 11.3 Å². The smallest absolute Gasteiger partial charge is 0.124 e. The molecular weight excluding hydrogens is 373 g/mol. The number of nitrogens with zero attached hydrogens (tertiary/aromatic N) is 1. The highest BCUT2D eigenvalue weighted by Gasteiger charge is 2.05. The molecule has 0 fully saturated rings. The minimum atomic E-state index is -0.372. The SMILES string of the molecule is CCCCCCCCCCCCCCCCC[C@@H](C)OCc1cc(F)cc(C#N)c1. The third-order valence-corrected chi connectivity index (χ3v) is 5.84. The van der Waals surface area contributed by atoms with Gasteiger partial charge in [0.25, 0.3) is 0 Å². The van der Waals surface area contributed by atoms with E-state index in [4.69, 9.17) is 10.00 Å². The molecule has 0 saturated carbocycles. The largest absolute Gasteiger partial charge is 0.374 e. The van der Waals surface area contributed by atoms with Crippen molar-refractivity contribution < 1.29 is 9.13 Å². The number of hydrogen-bond donors (Lipinski definition) is 0. The molecule has 0 aliphatic rings. The topological polar surface area (TPSA) is 33.0 Å². The molecule has 0 amide bonds. The van der Waals surface area contributed by atoms with Crippen molar-refractivity contribution in [3.8, 4) is 6.07 Å². The minimum absolute atomic E-state index is 0.167. The Balaban J connectivity index is 1.89. The highest BCUT2D eigenvalue weighted by molar-refractivity contribution is 5.33. The van der Waals surface area contributed by atoms with Crippen molar-refractivity contribution >= 4 is 0 Å². The lowest BCUT2D eigenvalue weighted by atomic mass is 10.0. The molecule has 0 radical (unpaired) electrons. The molecule has 1 aromatic carbocycles. The second kappa shape index (κ2) is 18.4. The van der Waals surface area contributed by atoms with Crippen molar-refractivity contribution in [2.75, 3.05) is 0 Å². The van der Waals surface area contributed by atoms with Crippen LogP contribution in [0.25, 0.3) is 0 Å². The summed E-state index contributed by atoms with van der Waals surface area (Å²) < 4.78 is 19.3. The zero-order valence-electron chi connectivity index (χ0n) is 19.6. The first-order valence-corrected chi connectivity index (χ1v) is 12.5. The van der Waals surface area contributed by atoms with Gasteiger partial charge in [0.15, 0.2) is 0 Å². The normalized spacial score (nSPS) is 12.1. The van der Waals surface area contributed by atoms with Crippen LogP contribution in [-0.4, -0.2) is 6.10 Å². The number of halogens is 1. The maximum atomic E-state index is 13.4. The third-order valence-electron chi connectivity index (χ3n) is 5.84. The van der Waals surface area contributed by atoms with Crippen molar-refractivity contribution in [2.24, 2.45) is 0 Å². The van der Waals surface area contributed by atoms with E-state index in [0.29, 0.717) is 12.2 Å². The molecule has 1 aromatic rings. The molecule has 30 heavy (non-hydrogen) atoms. The van der Waals surface area contributed by atoms with Crippen LogP contribution in [0.2, 0.25) is 0 Å². The van der Waals surface area contributed by atoms with Crippen LogP contribution in [0.5, 0.6) is 0 Å². The average Bonchev–Trinajstić information content (AvgIpc) is 2.74. The molecule has 0 aromatic heterocycles. The van der Waals surface area contributed by atoms with E-state index < -0.39 is 0 Å². The molecule has 2 nitrogen and oxygen atoms in total. The summed E-state index contributed by atoms with van der Waals surface area (Å²) in [6.45, 7) is 4.72. The van der Waals surface area contributed by atoms with Crippen LogP contribution in [0.15, 0.2) is 18.2 Å². The molecular formula is C27H44FNO. The van der Waals surface area contributed by atoms with Crippen LogP contribution in [0.1, 0.15) is 128 Å². The fraction of sp³-hybridized carbons (Fsp3) is 0.741. The number of nitriles is 1. The van der Waals surface area contributed by atoms with Gasteiger partial charge in [0.2, 0.25) is 0 Å². The molecule has 0 heterocycles. The van der Waals surface area contributed by atoms with Crippen LogP contribution in [0.3, 0.4) is 0 Å². The summed E-state index contributed by atoms with van der Waals surface area (Å²) in [5.41, 5.74) is 1.08. The van der Waals surface area contributed by atoms with Gasteiger partial charge >= 0.3 is 0 Å². The van der Waals surface area contributed by atoms with E-state index in [1.807, 2.05) is 6.07 Å². The lowest BCUT2D eigenvalue weighted by molar-refractivity contribution is 0.0457. The Kier molecular flexibility index (Phi) is 16.3. The van der Waals surface area contributed by atoms with Crippen LogP contribution in [0, 0.1) is 17.1 Å². The monoisotopic (exact) mass is 417 g/mol. The lowest BCUT2D eigenvalue weighted by Gasteiger charge is -2.13. The molecule has 0 N–H and O–H groups in total. The van der Waals surface area contributed by atoms with Gasteiger partial charge in [-0.1, -0.05) is 103 Å². The van der Waals surface area contributed by atoms with E-state index in [9.17, 15) is 4.39 Å². The van der Waals surface area contributed by atoms with E-state index in [0.717, 1.165) is 12.0 Å². The minimum Gasteiger partial charge on any atom is -0.374 e. The van der Waals surface area contributed by atoms with Crippen molar-refractivity contribution in [3.63, 3.8) is 0 Å². The Labute approximate surface area is 185 Å². The van der Waals surface area contributed by atoms with Gasteiger partial charge in [-0.25, -0.2) is 4.39 Å². The van der Waals surface area contributed by atoms with Crippen LogP contribution < -0.4 is 0 Å². The van der Waals surface area contributed by atoms with Crippen LogP contribution >= 0.6 is 0 Å². The van der Waals surface area contributed by atoms with Gasteiger partial charge in [0.1, 0.15) is 5.82 Å². The summed E-state index contributed by atoms with van der Waals surface area (Å²) in [5, 5.41) is 8.91. The molecule has 170 valence electrons. The molecule has 0 spiro atoms. The van der Waals surface area contributed by atoms with Crippen LogP contribution in [0.4, 0.5) is 4.39 Å². The van der Waals surface area contributed by atoms with Crippen molar-refractivity contribution in [1.29, 1.82) is 5.26 Å². The maximum Gasteiger partial charge on any atom is 0.124 e. The number of rotatable bonds is 19. The molecule has 0 saturated heterocycles. The highest BCUT2D eigenvalue weighted by Crippen LogP contribution is 2.16. The van der Waals surface area contributed by atoms with E-state index in [1.165, 1.54) is 108 Å². The number of unbranched alkanes of at least 4 members (excludes halogenated alkanes) is 14. The summed E-state index contributed by atoms with van der Waals surface area (Å²) in [6, 6.07) is 6.38. The van der Waals surface area contributed by atoms with Gasteiger partial charge in [-0.05, 0) is 37.1 Å². The van der Waals surface area contributed by atoms with Crippen molar-refractivity contribution in [1.82, 2.24) is 0 Å². The molecule has 0 aliphatic heterocycles. The molecule has 1 rings (SSSR count). The summed E-state index contributed by atoms with van der Waals surface area (Å²) in [7, 11) is 0. The van der Waals surface area contributed by atoms with E-state index in [1.54, 1.807) is 6.07 Å². The predicted octanol–water partition coefficient (Wildman–Crippen LogP) is 8.86. The van der Waals surface area contributed by atoms with E-state index in [-0.39, 0.29) is 11.9 Å². The fourth-order valence-corrected chi connectivity index (χ4v) is 3.92. The number of ether oxygens (including phenoxy) is 1. The first-order valence-electron chi connectivity index (χ1n) is 12.5. The van der Waals surface area contributed by atoms with Gasteiger partial charge in [-0.2, -0.15) is 5.26 Å². The molecule has 0 aliphatic carbocycles. The Morgan fingerprint density at radius 3 is 1.80 bits per heavy atom. The molecule has 1 atom stereocenters. The van der Waals surface area contributed by atoms with E-state index >= 15 is 0 Å². The third kappa shape index (κ3) is 14.6. The summed E-state index contributed by atoms with van der Waals surface area (Å²) >= 11 is 0. The highest BCUT2D eigenvalue weighted by atomic mass is 19.1.